The average Bonchev–Trinajstić information content (AvgIpc) is 2.67. The predicted molar refractivity (Wildman–Crippen MR) is 95.3 cm³/mol. The van der Waals surface area contributed by atoms with Gasteiger partial charge in [-0.1, -0.05) is 48.5 Å². The minimum Gasteiger partial charge on any atom is -0.488 e. The molecule has 0 aromatic heterocycles. The summed E-state index contributed by atoms with van der Waals surface area (Å²) in [7, 11) is 0. The fourth-order valence-corrected chi connectivity index (χ4v) is 2.32. The van der Waals surface area contributed by atoms with Crippen LogP contribution in [0.1, 0.15) is 15.9 Å². The van der Waals surface area contributed by atoms with Crippen LogP contribution >= 0.6 is 0 Å². The molecule has 3 rings (SSSR count). The van der Waals surface area contributed by atoms with E-state index in [2.05, 4.69) is 0 Å². The first kappa shape index (κ1) is 17.2. The number of nitrogens with zero attached hydrogens (tertiary/aromatic N) is 1. The quantitative estimate of drug-likeness (QED) is 0.285. The molecule has 0 saturated carbocycles. The molecule has 0 spiro atoms. The minimum atomic E-state index is -0.644. The Morgan fingerprint density at radius 1 is 0.923 bits per heavy atom. The number of carbonyl (C=O) groups is 1. The first-order valence-electron chi connectivity index (χ1n) is 7.86. The number of non-ortho nitro benzene ring substituents is 1. The number of esters is 1. The van der Waals surface area contributed by atoms with Crippen molar-refractivity contribution in [3.8, 4) is 11.5 Å². The van der Waals surface area contributed by atoms with E-state index in [4.69, 9.17) is 9.47 Å². The summed E-state index contributed by atoms with van der Waals surface area (Å²) >= 11 is 0. The van der Waals surface area contributed by atoms with Gasteiger partial charge in [0.2, 0.25) is 0 Å². The van der Waals surface area contributed by atoms with Crippen LogP contribution in [-0.4, -0.2) is 10.9 Å². The van der Waals surface area contributed by atoms with Crippen LogP contribution in [0.25, 0.3) is 0 Å². The van der Waals surface area contributed by atoms with Crippen LogP contribution in [-0.2, 0) is 6.61 Å². The zero-order valence-corrected chi connectivity index (χ0v) is 13.7. The number of ether oxygens (including phenoxy) is 2. The molecule has 0 bridgehead atoms. The summed E-state index contributed by atoms with van der Waals surface area (Å²) in [6, 6.07) is 21.7. The molecule has 3 aromatic rings. The van der Waals surface area contributed by atoms with Gasteiger partial charge < -0.3 is 9.47 Å². The van der Waals surface area contributed by atoms with Gasteiger partial charge in [-0.25, -0.2) is 4.79 Å². The molecule has 6 heteroatoms. The van der Waals surface area contributed by atoms with E-state index in [1.54, 1.807) is 24.3 Å². The van der Waals surface area contributed by atoms with Crippen LogP contribution in [0, 0.1) is 10.1 Å². The molecule has 3 aromatic carbocycles. The van der Waals surface area contributed by atoms with E-state index in [9.17, 15) is 14.9 Å². The molecule has 0 fully saturated rings. The Balaban J connectivity index is 1.75. The molecule has 0 atom stereocenters. The second kappa shape index (κ2) is 7.94. The zero-order chi connectivity index (χ0) is 18.4. The van der Waals surface area contributed by atoms with Crippen LogP contribution in [0.5, 0.6) is 11.5 Å². The minimum absolute atomic E-state index is 0.0991. The Morgan fingerprint density at radius 2 is 1.65 bits per heavy atom. The Kier molecular flexibility index (Phi) is 5.24. The summed E-state index contributed by atoms with van der Waals surface area (Å²) in [5, 5.41) is 10.8. The van der Waals surface area contributed by atoms with Crippen LogP contribution in [0.2, 0.25) is 0 Å². The van der Waals surface area contributed by atoms with E-state index in [0.29, 0.717) is 12.4 Å². The normalized spacial score (nSPS) is 10.2. The van der Waals surface area contributed by atoms with Crippen molar-refractivity contribution in [3.63, 3.8) is 0 Å². The van der Waals surface area contributed by atoms with E-state index >= 15 is 0 Å². The summed E-state index contributed by atoms with van der Waals surface area (Å²) in [5.74, 6) is -0.164. The topological polar surface area (TPSA) is 78.7 Å². The number of rotatable bonds is 6. The van der Waals surface area contributed by atoms with Crippen molar-refractivity contribution in [2.24, 2.45) is 0 Å². The van der Waals surface area contributed by atoms with Gasteiger partial charge in [0.1, 0.15) is 23.7 Å². The van der Waals surface area contributed by atoms with Crippen molar-refractivity contribution in [2.45, 2.75) is 6.61 Å². The van der Waals surface area contributed by atoms with Gasteiger partial charge in [0.15, 0.2) is 0 Å². The van der Waals surface area contributed by atoms with Gasteiger partial charge in [0.25, 0.3) is 5.69 Å². The summed E-state index contributed by atoms with van der Waals surface area (Å²) in [5.41, 5.74) is 1.06. The molecule has 0 saturated heterocycles. The second-order valence-corrected chi connectivity index (χ2v) is 5.41. The van der Waals surface area contributed by atoms with Crippen LogP contribution in [0.15, 0.2) is 78.9 Å². The van der Waals surface area contributed by atoms with Crippen molar-refractivity contribution in [2.75, 3.05) is 0 Å². The summed E-state index contributed by atoms with van der Waals surface area (Å²) < 4.78 is 11.0. The lowest BCUT2D eigenvalue weighted by atomic mass is 10.2. The number of nitro benzene ring substituents is 1. The molecule has 130 valence electrons. The zero-order valence-electron chi connectivity index (χ0n) is 13.7. The highest BCUT2D eigenvalue weighted by atomic mass is 16.6. The third-order valence-electron chi connectivity index (χ3n) is 3.58. The predicted octanol–water partition coefficient (Wildman–Crippen LogP) is 4.39. The fourth-order valence-electron chi connectivity index (χ4n) is 2.32. The van der Waals surface area contributed by atoms with Crippen molar-refractivity contribution in [1.29, 1.82) is 0 Å². The molecule has 0 aliphatic rings. The largest absolute Gasteiger partial charge is 0.488 e. The van der Waals surface area contributed by atoms with Crippen molar-refractivity contribution in [3.05, 3.63) is 100 Å². The molecule has 0 amide bonds. The van der Waals surface area contributed by atoms with Crippen LogP contribution < -0.4 is 9.47 Å². The van der Waals surface area contributed by atoms with Crippen molar-refractivity contribution < 1.29 is 19.2 Å². The lowest BCUT2D eigenvalue weighted by Gasteiger charge is -2.11. The Bertz CT molecular complexity index is 924. The van der Waals surface area contributed by atoms with E-state index in [1.807, 2.05) is 30.3 Å². The highest BCUT2D eigenvalue weighted by molar-refractivity contribution is 5.94. The van der Waals surface area contributed by atoms with Gasteiger partial charge >= 0.3 is 5.97 Å². The summed E-state index contributed by atoms with van der Waals surface area (Å²) in [6.45, 7) is 0.307. The van der Waals surface area contributed by atoms with Gasteiger partial charge in [0, 0.05) is 6.07 Å². The van der Waals surface area contributed by atoms with Crippen LogP contribution in [0.4, 0.5) is 5.69 Å². The Morgan fingerprint density at radius 3 is 2.42 bits per heavy atom. The first-order chi connectivity index (χ1) is 12.6. The molecular formula is C20H15NO5. The molecule has 0 aliphatic heterocycles. The number of hydrogen-bond acceptors (Lipinski definition) is 5. The number of hydrogen-bond donors (Lipinski definition) is 0. The number of carbonyl (C=O) groups excluding carboxylic acids is 1. The standard InChI is InChI=1S/C20H15NO5/c22-20(26-17-10-6-9-16(13-17)21(23)24)18-11-4-5-12-19(18)25-14-15-7-2-1-3-8-15/h1-13H,14H2. The molecule has 26 heavy (non-hydrogen) atoms. The van der Waals surface area contributed by atoms with Crippen molar-refractivity contribution >= 4 is 11.7 Å². The lowest BCUT2D eigenvalue weighted by Crippen LogP contribution is -2.11. The third-order valence-corrected chi connectivity index (χ3v) is 3.58. The maximum atomic E-state index is 12.5. The van der Waals surface area contributed by atoms with Gasteiger partial charge in [-0.2, -0.15) is 0 Å². The number of para-hydroxylation sites is 1. The van der Waals surface area contributed by atoms with Gasteiger partial charge in [-0.15, -0.1) is 0 Å². The maximum Gasteiger partial charge on any atom is 0.347 e. The fraction of sp³-hybridized carbons (Fsp3) is 0.0500. The molecule has 0 aliphatic carbocycles. The average molecular weight is 349 g/mol. The number of benzene rings is 3. The molecule has 6 nitrogen and oxygen atoms in total. The lowest BCUT2D eigenvalue weighted by molar-refractivity contribution is -0.384. The maximum absolute atomic E-state index is 12.5. The monoisotopic (exact) mass is 349 g/mol. The van der Waals surface area contributed by atoms with Gasteiger partial charge in [-0.3, -0.25) is 10.1 Å². The van der Waals surface area contributed by atoms with E-state index in [1.165, 1.54) is 24.3 Å². The first-order valence-corrected chi connectivity index (χ1v) is 7.86. The second-order valence-electron chi connectivity index (χ2n) is 5.41. The van der Waals surface area contributed by atoms with Crippen molar-refractivity contribution in [1.82, 2.24) is 0 Å². The highest BCUT2D eigenvalue weighted by Gasteiger charge is 2.16. The molecule has 0 heterocycles. The molecule has 0 unspecified atom stereocenters. The van der Waals surface area contributed by atoms with Crippen LogP contribution in [0.3, 0.4) is 0 Å². The van der Waals surface area contributed by atoms with E-state index in [-0.39, 0.29) is 17.0 Å². The Hall–Kier alpha value is -3.67. The SMILES string of the molecule is O=C(Oc1cccc([N+](=O)[O-])c1)c1ccccc1OCc1ccccc1. The summed E-state index contributed by atoms with van der Waals surface area (Å²) in [4.78, 5) is 22.7. The van der Waals surface area contributed by atoms with Gasteiger partial charge in [-0.05, 0) is 23.8 Å². The Labute approximate surface area is 149 Å². The van der Waals surface area contributed by atoms with Gasteiger partial charge in [0.05, 0.1) is 11.0 Å². The van der Waals surface area contributed by atoms with E-state index in [0.717, 1.165) is 5.56 Å². The number of nitro groups is 1. The molecule has 0 N–H and O–H groups in total. The smallest absolute Gasteiger partial charge is 0.347 e. The summed E-state index contributed by atoms with van der Waals surface area (Å²) in [6.07, 6.45) is 0. The van der Waals surface area contributed by atoms with E-state index < -0.39 is 10.9 Å². The molecular weight excluding hydrogens is 334 g/mol. The third kappa shape index (κ3) is 4.24. The highest BCUT2D eigenvalue weighted by Crippen LogP contribution is 2.24. The molecule has 0 radical (unpaired) electrons.